The second-order valence-electron chi connectivity index (χ2n) is 7.36. The fourth-order valence-electron chi connectivity index (χ4n) is 3.85. The number of nitrogen functional groups attached to an aromatic ring is 1. The first-order valence-corrected chi connectivity index (χ1v) is 10.2. The summed E-state index contributed by atoms with van der Waals surface area (Å²) in [4.78, 5) is 19.2. The number of carbonyl (C=O) groups is 1. The number of nitrogens with one attached hydrogen (secondary N) is 1. The van der Waals surface area contributed by atoms with Crippen LogP contribution in [0.2, 0.25) is 0 Å². The number of nitrogens with zero attached hydrogens (tertiary/aromatic N) is 2. The van der Waals surface area contributed by atoms with E-state index in [1.54, 1.807) is 23.2 Å². The molecule has 1 atom stereocenters. The van der Waals surface area contributed by atoms with Crippen molar-refractivity contribution in [2.24, 2.45) is 0 Å². The first-order chi connectivity index (χ1) is 14.6. The zero-order valence-electron chi connectivity index (χ0n) is 16.9. The number of carbonyl (C=O) groups excluding carboxylic acids is 1. The Balaban J connectivity index is 1.72. The molecule has 6 nitrogen and oxygen atoms in total. The molecule has 1 amide bonds. The van der Waals surface area contributed by atoms with Gasteiger partial charge in [-0.2, -0.15) is 0 Å². The highest BCUT2D eigenvalue weighted by atomic mass is 19.1. The second-order valence-corrected chi connectivity index (χ2v) is 7.36. The van der Waals surface area contributed by atoms with Crippen LogP contribution in [0.3, 0.4) is 0 Å². The van der Waals surface area contributed by atoms with Crippen molar-refractivity contribution in [1.82, 2.24) is 9.88 Å². The van der Waals surface area contributed by atoms with Crippen LogP contribution in [0.4, 0.5) is 15.9 Å². The maximum absolute atomic E-state index is 14.8. The Labute approximate surface area is 174 Å². The number of anilines is 2. The van der Waals surface area contributed by atoms with Crippen molar-refractivity contribution in [3.05, 3.63) is 60.0 Å². The number of rotatable bonds is 6. The molecule has 0 radical (unpaired) electrons. The minimum atomic E-state index is -0.861. The summed E-state index contributed by atoms with van der Waals surface area (Å²) in [5.74, 6) is 0.388. The smallest absolute Gasteiger partial charge is 0.249 e. The van der Waals surface area contributed by atoms with E-state index in [4.69, 9.17) is 10.5 Å². The molecular formula is C23H25FN4O2. The molecule has 3 aromatic rings. The lowest BCUT2D eigenvalue weighted by Crippen LogP contribution is -2.36. The van der Waals surface area contributed by atoms with Crippen molar-refractivity contribution < 1.29 is 13.9 Å². The minimum absolute atomic E-state index is 0.144. The summed E-state index contributed by atoms with van der Waals surface area (Å²) in [5, 5.41) is 4.97. The molecule has 1 saturated heterocycles. The van der Waals surface area contributed by atoms with Crippen LogP contribution in [-0.4, -0.2) is 35.5 Å². The highest BCUT2D eigenvalue weighted by Gasteiger charge is 2.30. The zero-order chi connectivity index (χ0) is 21.1. The molecule has 2 aromatic carbocycles. The predicted octanol–water partition coefficient (Wildman–Crippen LogP) is 4.13. The number of aromatic nitrogens is 1. The first-order valence-electron chi connectivity index (χ1n) is 10.2. The summed E-state index contributed by atoms with van der Waals surface area (Å²) in [6, 6.07) is 11.1. The molecule has 1 aliphatic heterocycles. The van der Waals surface area contributed by atoms with Crippen LogP contribution in [-0.2, 0) is 4.79 Å². The maximum Gasteiger partial charge on any atom is 0.249 e. The van der Waals surface area contributed by atoms with Gasteiger partial charge in [0.05, 0.1) is 6.61 Å². The SMILES string of the molecule is CCOc1ccc(F)c([C@@H](Nc2ccc3c(N)nccc3c2)C(=O)N2CCCC2)c1. The van der Waals surface area contributed by atoms with Crippen molar-refractivity contribution in [1.29, 1.82) is 0 Å². The number of pyridine rings is 1. The lowest BCUT2D eigenvalue weighted by Gasteiger charge is -2.26. The number of likely N-dealkylation sites (tertiary alicyclic amines) is 1. The topological polar surface area (TPSA) is 80.5 Å². The second kappa shape index (κ2) is 8.57. The fraction of sp³-hybridized carbons (Fsp3) is 0.304. The molecule has 1 aliphatic rings. The van der Waals surface area contributed by atoms with Crippen molar-refractivity contribution in [3.8, 4) is 5.75 Å². The van der Waals surface area contributed by atoms with E-state index < -0.39 is 11.9 Å². The third kappa shape index (κ3) is 4.01. The van der Waals surface area contributed by atoms with Gasteiger partial charge in [0.25, 0.3) is 0 Å². The summed E-state index contributed by atoms with van der Waals surface area (Å²) < 4.78 is 20.4. The van der Waals surface area contributed by atoms with Gasteiger partial charge in [-0.25, -0.2) is 9.37 Å². The number of halogens is 1. The van der Waals surface area contributed by atoms with Crippen molar-refractivity contribution in [3.63, 3.8) is 0 Å². The average molecular weight is 408 g/mol. The van der Waals surface area contributed by atoms with E-state index >= 15 is 0 Å². The number of benzene rings is 2. The van der Waals surface area contributed by atoms with E-state index in [2.05, 4.69) is 10.3 Å². The molecule has 0 bridgehead atoms. The van der Waals surface area contributed by atoms with Crippen molar-refractivity contribution >= 4 is 28.2 Å². The minimum Gasteiger partial charge on any atom is -0.494 e. The van der Waals surface area contributed by atoms with Gasteiger partial charge in [-0.15, -0.1) is 0 Å². The molecule has 2 heterocycles. The van der Waals surface area contributed by atoms with Gasteiger partial charge in [0.1, 0.15) is 23.4 Å². The normalized spacial score (nSPS) is 14.7. The van der Waals surface area contributed by atoms with Gasteiger partial charge < -0.3 is 20.7 Å². The molecule has 0 unspecified atom stereocenters. The Morgan fingerprint density at radius 2 is 2.03 bits per heavy atom. The lowest BCUT2D eigenvalue weighted by molar-refractivity contribution is -0.131. The van der Waals surface area contributed by atoms with Crippen LogP contribution in [0, 0.1) is 5.82 Å². The molecule has 1 fully saturated rings. The molecule has 3 N–H and O–H groups in total. The predicted molar refractivity (Wildman–Crippen MR) is 116 cm³/mol. The summed E-state index contributed by atoms with van der Waals surface area (Å²) >= 11 is 0. The van der Waals surface area contributed by atoms with Crippen LogP contribution < -0.4 is 15.8 Å². The third-order valence-corrected chi connectivity index (χ3v) is 5.36. The molecule has 7 heteroatoms. The fourth-order valence-corrected chi connectivity index (χ4v) is 3.85. The number of amides is 1. The Morgan fingerprint density at radius 1 is 1.23 bits per heavy atom. The van der Waals surface area contributed by atoms with Crippen LogP contribution in [0.15, 0.2) is 48.7 Å². The molecule has 30 heavy (non-hydrogen) atoms. The van der Waals surface area contributed by atoms with Gasteiger partial charge in [-0.05, 0) is 67.6 Å². The monoisotopic (exact) mass is 408 g/mol. The Kier molecular flexibility index (Phi) is 5.70. The van der Waals surface area contributed by atoms with E-state index in [1.807, 2.05) is 31.2 Å². The lowest BCUT2D eigenvalue weighted by atomic mass is 10.0. The van der Waals surface area contributed by atoms with Gasteiger partial charge in [0, 0.05) is 35.9 Å². The van der Waals surface area contributed by atoms with E-state index in [-0.39, 0.29) is 11.5 Å². The molecule has 0 aliphatic carbocycles. The van der Waals surface area contributed by atoms with Gasteiger partial charge >= 0.3 is 0 Å². The molecule has 0 saturated carbocycles. The quantitative estimate of drug-likeness (QED) is 0.641. The third-order valence-electron chi connectivity index (χ3n) is 5.36. The highest BCUT2D eigenvalue weighted by Crippen LogP contribution is 2.30. The van der Waals surface area contributed by atoms with E-state index in [1.165, 1.54) is 6.07 Å². The number of hydrogen-bond donors (Lipinski definition) is 2. The Bertz CT molecular complexity index is 1070. The van der Waals surface area contributed by atoms with Crippen molar-refractivity contribution in [2.75, 3.05) is 30.7 Å². The van der Waals surface area contributed by atoms with Crippen molar-refractivity contribution in [2.45, 2.75) is 25.8 Å². The Morgan fingerprint density at radius 3 is 2.80 bits per heavy atom. The summed E-state index contributed by atoms with van der Waals surface area (Å²) in [6.45, 7) is 3.70. The summed E-state index contributed by atoms with van der Waals surface area (Å²) in [7, 11) is 0. The number of hydrogen-bond acceptors (Lipinski definition) is 5. The first kappa shape index (κ1) is 19.9. The number of nitrogens with two attached hydrogens (primary N) is 1. The molecule has 0 spiro atoms. The van der Waals surface area contributed by atoms with Crippen LogP contribution >= 0.6 is 0 Å². The number of fused-ring (bicyclic) bond motifs is 1. The molecule has 4 rings (SSSR count). The Hall–Kier alpha value is -3.35. The van der Waals surface area contributed by atoms with Crippen LogP contribution in [0.5, 0.6) is 5.75 Å². The maximum atomic E-state index is 14.8. The van der Waals surface area contributed by atoms with E-state index in [0.29, 0.717) is 37.0 Å². The van der Waals surface area contributed by atoms with E-state index in [9.17, 15) is 9.18 Å². The average Bonchev–Trinajstić information content (AvgIpc) is 3.28. The van der Waals surface area contributed by atoms with Crippen LogP contribution in [0.25, 0.3) is 10.8 Å². The zero-order valence-corrected chi connectivity index (χ0v) is 16.9. The molecular weight excluding hydrogens is 383 g/mol. The van der Waals surface area contributed by atoms with Gasteiger partial charge in [-0.1, -0.05) is 0 Å². The molecule has 1 aromatic heterocycles. The standard InChI is InChI=1S/C23H25FN4O2/c1-2-30-17-6-8-20(24)19(14-17)21(23(29)28-11-3-4-12-28)27-16-5-7-18-15(13-16)9-10-26-22(18)25/h5-10,13-14,21,27H,2-4,11-12H2,1H3,(H2,25,26)/t21-/m1/s1. The van der Waals surface area contributed by atoms with Gasteiger partial charge in [0.15, 0.2) is 0 Å². The highest BCUT2D eigenvalue weighted by molar-refractivity contribution is 5.94. The summed E-state index contributed by atoms with van der Waals surface area (Å²) in [5.41, 5.74) is 6.91. The van der Waals surface area contributed by atoms with Gasteiger partial charge in [-0.3, -0.25) is 4.79 Å². The summed E-state index contributed by atoms with van der Waals surface area (Å²) in [6.07, 6.45) is 3.56. The van der Waals surface area contributed by atoms with Crippen LogP contribution in [0.1, 0.15) is 31.4 Å². The number of ether oxygens (including phenoxy) is 1. The largest absolute Gasteiger partial charge is 0.494 e. The van der Waals surface area contributed by atoms with Gasteiger partial charge in [0.2, 0.25) is 5.91 Å². The van der Waals surface area contributed by atoms with E-state index in [0.717, 1.165) is 23.6 Å². The molecule has 156 valence electrons.